The van der Waals surface area contributed by atoms with Gasteiger partial charge in [0.15, 0.2) is 6.10 Å². The molecular weight excluding hydrogens is 994 g/mol. The number of carbonyl (C=O) groups is 10. The number of hydrogen-bond acceptors (Lipinski definition) is 15. The van der Waals surface area contributed by atoms with E-state index in [1.807, 2.05) is 0 Å². The van der Waals surface area contributed by atoms with Crippen LogP contribution in [0.2, 0.25) is 0 Å². The van der Waals surface area contributed by atoms with Gasteiger partial charge in [-0.05, 0) is 60.9 Å². The number of carbonyl (C=O) groups excluding carboxylic acids is 10. The van der Waals surface area contributed by atoms with E-state index in [4.69, 9.17) is 14.5 Å². The maximum absolute atomic E-state index is 15.4. The Kier molecular flexibility index (Phi) is 16.5. The average molecular weight is 1050 g/mol. The zero-order valence-electron chi connectivity index (χ0n) is 41.5. The first-order chi connectivity index (χ1) is 36.4. The van der Waals surface area contributed by atoms with Gasteiger partial charge < -0.3 is 45.7 Å². The van der Waals surface area contributed by atoms with E-state index in [-0.39, 0.29) is 85.2 Å². The molecule has 24 heteroatoms. The summed E-state index contributed by atoms with van der Waals surface area (Å²) in [6.45, 7) is -0.103. The van der Waals surface area contributed by atoms with Gasteiger partial charge in [0.05, 0.1) is 54.7 Å². The molecule has 2 aromatic carbocycles. The number of fused-ring (bicyclic) bond motifs is 5. The van der Waals surface area contributed by atoms with Gasteiger partial charge >= 0.3 is 5.97 Å². The predicted molar refractivity (Wildman–Crippen MR) is 263 cm³/mol. The normalized spacial score (nSPS) is 16.3. The number of halogens is 1. The molecule has 1 aliphatic carbocycles. The van der Waals surface area contributed by atoms with Gasteiger partial charge in [-0.25, -0.2) is 14.2 Å². The molecule has 2 aromatic heterocycles. The van der Waals surface area contributed by atoms with Crippen molar-refractivity contribution in [3.05, 3.63) is 110 Å². The molecule has 0 unspecified atom stereocenters. The number of hydrogen-bond donors (Lipinski definition) is 6. The van der Waals surface area contributed by atoms with Gasteiger partial charge in [-0.2, -0.15) is 0 Å². The van der Waals surface area contributed by atoms with E-state index in [2.05, 4.69) is 26.6 Å². The number of aryl methyl sites for hydroxylation is 1. The van der Waals surface area contributed by atoms with Crippen molar-refractivity contribution < 1.29 is 66.9 Å². The highest BCUT2D eigenvalue weighted by molar-refractivity contribution is 6.12. The average Bonchev–Trinajstić information content (AvgIpc) is 4.01. The third kappa shape index (κ3) is 11.7. The Morgan fingerprint density at radius 2 is 1.57 bits per heavy atom. The molecule has 3 atom stereocenters. The van der Waals surface area contributed by atoms with Crippen LogP contribution in [0.25, 0.3) is 22.3 Å². The number of aliphatic hydroxyl groups is 1. The van der Waals surface area contributed by atoms with Crippen molar-refractivity contribution in [3.8, 4) is 11.4 Å². The maximum atomic E-state index is 15.4. The van der Waals surface area contributed by atoms with Gasteiger partial charge in [0.25, 0.3) is 23.3 Å². The van der Waals surface area contributed by atoms with Crippen molar-refractivity contribution >= 4 is 70.0 Å². The Morgan fingerprint density at radius 1 is 0.868 bits per heavy atom. The molecule has 3 aliphatic heterocycles. The highest BCUT2D eigenvalue weighted by atomic mass is 19.1. The number of aliphatic hydroxyl groups excluding tert-OH is 1. The molecule has 6 N–H and O–H groups in total. The molecule has 4 aromatic rings. The number of cyclic esters (lactones) is 1. The summed E-state index contributed by atoms with van der Waals surface area (Å²) in [6, 6.07) is 9.26. The number of pyridine rings is 2. The van der Waals surface area contributed by atoms with Gasteiger partial charge in [-0.15, -0.1) is 0 Å². The lowest BCUT2D eigenvalue weighted by Gasteiger charge is -2.35. The van der Waals surface area contributed by atoms with Crippen LogP contribution in [-0.2, 0) is 83.4 Å². The van der Waals surface area contributed by atoms with Crippen molar-refractivity contribution in [1.82, 2.24) is 45.9 Å². The number of benzene rings is 2. The first-order valence-corrected chi connectivity index (χ1v) is 24.5. The first-order valence-electron chi connectivity index (χ1n) is 24.5. The summed E-state index contributed by atoms with van der Waals surface area (Å²) in [7, 11) is 0. The molecule has 0 spiro atoms. The lowest BCUT2D eigenvalue weighted by Crippen LogP contribution is -2.52. The SMILES string of the molecule is CC(=O)N(C(=O)COCNC(=O)CNC(=O)[C@H](Cc1ccccc1)NC(=O)CNC(=O)CNC(=O)CCCCCN1C(=O)C=CC1=O)[C@H]1CCc2c(C)c(F)cc3nc4c(c1c23)Cn1c-4cc2c(c1=O)COC(=O)[C@H]2O. The Balaban J connectivity index is 0.830. The third-order valence-electron chi connectivity index (χ3n) is 13.6. The Hall–Kier alpha value is -8.51. The number of imide groups is 2. The predicted octanol–water partition coefficient (Wildman–Crippen LogP) is -0.0229. The van der Waals surface area contributed by atoms with Crippen LogP contribution in [0.4, 0.5) is 4.39 Å². The number of aromatic nitrogens is 2. The highest BCUT2D eigenvalue weighted by Crippen LogP contribution is 2.47. The van der Waals surface area contributed by atoms with Crippen LogP contribution >= 0.6 is 0 Å². The van der Waals surface area contributed by atoms with Gasteiger partial charge in [-0.1, -0.05) is 36.8 Å². The fraction of sp³-hybridized carbons (Fsp3) is 0.385. The van der Waals surface area contributed by atoms with Crippen molar-refractivity contribution in [1.29, 1.82) is 0 Å². The molecular formula is C52H54FN9O14. The second kappa shape index (κ2) is 23.4. The quantitative estimate of drug-likeness (QED) is 0.0244. The number of amides is 9. The second-order valence-electron chi connectivity index (χ2n) is 18.6. The minimum atomic E-state index is -1.72. The Morgan fingerprint density at radius 3 is 2.30 bits per heavy atom. The fourth-order valence-electron chi connectivity index (χ4n) is 9.79. The summed E-state index contributed by atoms with van der Waals surface area (Å²) in [5.41, 5.74) is 2.94. The number of esters is 1. The van der Waals surface area contributed by atoms with E-state index in [1.54, 1.807) is 37.3 Å². The summed E-state index contributed by atoms with van der Waals surface area (Å²) >= 11 is 0. The van der Waals surface area contributed by atoms with Gasteiger partial charge in [0.2, 0.25) is 35.4 Å². The highest BCUT2D eigenvalue weighted by Gasteiger charge is 2.41. The number of rotatable bonds is 21. The number of nitrogens with zero attached hydrogens (tertiary/aromatic N) is 4. The van der Waals surface area contributed by atoms with E-state index in [9.17, 15) is 57.8 Å². The number of nitrogens with one attached hydrogen (secondary N) is 5. The monoisotopic (exact) mass is 1050 g/mol. The minimum absolute atomic E-state index is 0.00930. The van der Waals surface area contributed by atoms with Crippen LogP contribution < -0.4 is 32.1 Å². The molecule has 5 heterocycles. The van der Waals surface area contributed by atoms with Crippen LogP contribution in [0.3, 0.4) is 0 Å². The molecule has 8 rings (SSSR count). The van der Waals surface area contributed by atoms with E-state index in [0.29, 0.717) is 52.5 Å². The molecule has 398 valence electrons. The zero-order chi connectivity index (χ0) is 54.4. The molecule has 4 aliphatic rings. The lowest BCUT2D eigenvalue weighted by atomic mass is 9.81. The summed E-state index contributed by atoms with van der Waals surface area (Å²) in [5, 5.41) is 23.4. The molecule has 0 fully saturated rings. The van der Waals surface area contributed by atoms with Crippen LogP contribution in [0, 0.1) is 12.7 Å². The van der Waals surface area contributed by atoms with Crippen LogP contribution in [0.1, 0.15) is 90.1 Å². The van der Waals surface area contributed by atoms with Crippen LogP contribution in [0.5, 0.6) is 0 Å². The molecule has 0 saturated carbocycles. The topological polar surface area (TPSA) is 311 Å². The summed E-state index contributed by atoms with van der Waals surface area (Å²) in [5.74, 6) is -6.94. The van der Waals surface area contributed by atoms with Gasteiger partial charge in [-0.3, -0.25) is 57.7 Å². The molecule has 9 amide bonds. The largest absolute Gasteiger partial charge is 0.458 e. The second-order valence-corrected chi connectivity index (χ2v) is 18.6. The number of unbranched alkanes of at least 4 members (excludes halogenated alkanes) is 2. The van der Waals surface area contributed by atoms with E-state index in [0.717, 1.165) is 9.80 Å². The van der Waals surface area contributed by atoms with Crippen molar-refractivity contribution in [2.75, 3.05) is 39.5 Å². The molecule has 0 radical (unpaired) electrons. The van der Waals surface area contributed by atoms with Crippen LogP contribution in [0.15, 0.2) is 59.4 Å². The van der Waals surface area contributed by atoms with Gasteiger partial charge in [0, 0.05) is 61.0 Å². The zero-order valence-corrected chi connectivity index (χ0v) is 41.5. The van der Waals surface area contributed by atoms with E-state index in [1.165, 1.54) is 35.8 Å². The first kappa shape index (κ1) is 53.8. The lowest BCUT2D eigenvalue weighted by molar-refractivity contribution is -0.157. The molecule has 0 bridgehead atoms. The Bertz CT molecular complexity index is 3160. The minimum Gasteiger partial charge on any atom is -0.458 e. The van der Waals surface area contributed by atoms with Crippen LogP contribution in [-0.4, -0.2) is 129 Å². The maximum Gasteiger partial charge on any atom is 0.340 e. The Labute approximate surface area is 432 Å². The third-order valence-corrected chi connectivity index (χ3v) is 13.6. The smallest absolute Gasteiger partial charge is 0.340 e. The van der Waals surface area contributed by atoms with E-state index < -0.39 is 110 Å². The van der Waals surface area contributed by atoms with Crippen molar-refractivity contribution in [3.63, 3.8) is 0 Å². The van der Waals surface area contributed by atoms with E-state index >= 15 is 4.39 Å². The number of ether oxygens (including phenoxy) is 2. The van der Waals surface area contributed by atoms with Crippen molar-refractivity contribution in [2.45, 2.75) is 90.1 Å². The molecule has 23 nitrogen and oxygen atoms in total. The standard InChI is InChI=1S/C52H54FN9O14/c1-27-30-12-13-37(47-32-23-61-38(48(32)59-35(46(30)47)19-34(27)53)18-31-33(51(61)73)24-76-52(74)49(31)71)62(28(2)63)45(70)25-75-26-57-41(66)21-56-50(72)36(17-29-9-5-3-6-10-29)58-42(67)22-55-40(65)20-54-39(64)11-7-4-8-16-60-43(68)14-15-44(60)69/h3,5-6,9-10,14-15,18-19,36-37,49,71H,4,7-8,11-13,16-17,20-26H2,1-2H3,(H,54,64)(H,55,65)(H,56,72)(H,57,66)(H,58,67)/t36-,37-,49-/m0/s1. The van der Waals surface area contributed by atoms with Crippen molar-refractivity contribution in [2.24, 2.45) is 0 Å². The molecule has 0 saturated heterocycles. The summed E-state index contributed by atoms with van der Waals surface area (Å²) in [6.07, 6.45) is 2.74. The summed E-state index contributed by atoms with van der Waals surface area (Å²) in [4.78, 5) is 148. The summed E-state index contributed by atoms with van der Waals surface area (Å²) < 4.78 is 27.3. The van der Waals surface area contributed by atoms with Gasteiger partial charge in [0.1, 0.15) is 31.8 Å². The fourth-order valence-corrected chi connectivity index (χ4v) is 9.79. The molecule has 76 heavy (non-hydrogen) atoms.